The smallest absolute Gasteiger partial charge is 0.110 e. The summed E-state index contributed by atoms with van der Waals surface area (Å²) < 4.78 is 0. The molecule has 1 fully saturated rings. The van der Waals surface area contributed by atoms with Crippen LogP contribution in [0.25, 0.3) is 11.3 Å². The third-order valence-electron chi connectivity index (χ3n) is 3.60. The van der Waals surface area contributed by atoms with Crippen molar-refractivity contribution < 1.29 is 0 Å². The Bertz CT molecular complexity index is 585. The van der Waals surface area contributed by atoms with E-state index < -0.39 is 0 Å². The third kappa shape index (κ3) is 2.51. The average Bonchev–Trinajstić information content (AvgIpc) is 2.98. The number of benzene rings is 1. The standard InChI is InChI=1S/C15H16N4/c16-8-11-3-5-12(6-4-11)14-10-18-15(19-14)13-2-1-7-17-9-13/h3-6,10,13,17H,1-2,7,9H2,(H,18,19). The molecule has 1 aliphatic rings. The van der Waals surface area contributed by atoms with Crippen molar-refractivity contribution in [2.24, 2.45) is 0 Å². The first-order chi connectivity index (χ1) is 9.36. The van der Waals surface area contributed by atoms with Crippen LogP contribution in [0.3, 0.4) is 0 Å². The van der Waals surface area contributed by atoms with Gasteiger partial charge >= 0.3 is 0 Å². The summed E-state index contributed by atoms with van der Waals surface area (Å²) in [5, 5.41) is 12.2. The minimum Gasteiger partial charge on any atom is -0.342 e. The number of nitriles is 1. The molecule has 19 heavy (non-hydrogen) atoms. The van der Waals surface area contributed by atoms with Crippen molar-refractivity contribution in [1.82, 2.24) is 15.3 Å². The summed E-state index contributed by atoms with van der Waals surface area (Å²) in [5.41, 5.74) is 2.77. The van der Waals surface area contributed by atoms with Crippen LogP contribution in [0, 0.1) is 11.3 Å². The number of H-pyrrole nitrogens is 1. The van der Waals surface area contributed by atoms with Crippen LogP contribution in [0.15, 0.2) is 30.5 Å². The first-order valence-electron chi connectivity index (χ1n) is 6.63. The molecule has 0 saturated carbocycles. The first kappa shape index (κ1) is 11.9. The summed E-state index contributed by atoms with van der Waals surface area (Å²) in [4.78, 5) is 7.90. The molecule has 1 aliphatic heterocycles. The van der Waals surface area contributed by atoms with Crippen LogP contribution in [-0.4, -0.2) is 23.1 Å². The number of aromatic amines is 1. The number of piperidine rings is 1. The predicted molar refractivity (Wildman–Crippen MR) is 73.6 cm³/mol. The highest BCUT2D eigenvalue weighted by Crippen LogP contribution is 2.24. The average molecular weight is 252 g/mol. The van der Waals surface area contributed by atoms with Crippen molar-refractivity contribution >= 4 is 0 Å². The van der Waals surface area contributed by atoms with E-state index in [0.29, 0.717) is 11.5 Å². The van der Waals surface area contributed by atoms with E-state index in [1.54, 1.807) is 0 Å². The van der Waals surface area contributed by atoms with Crippen LogP contribution in [0.2, 0.25) is 0 Å². The summed E-state index contributed by atoms with van der Waals surface area (Å²) in [7, 11) is 0. The van der Waals surface area contributed by atoms with E-state index in [1.807, 2.05) is 30.5 Å². The normalized spacial score (nSPS) is 19.0. The number of hydrogen-bond acceptors (Lipinski definition) is 3. The summed E-state index contributed by atoms with van der Waals surface area (Å²) >= 11 is 0. The Balaban J connectivity index is 1.81. The highest BCUT2D eigenvalue weighted by atomic mass is 15.0. The molecule has 0 radical (unpaired) electrons. The number of nitrogens with one attached hydrogen (secondary N) is 2. The fourth-order valence-corrected chi connectivity index (χ4v) is 2.50. The van der Waals surface area contributed by atoms with Gasteiger partial charge in [-0.3, -0.25) is 0 Å². The lowest BCUT2D eigenvalue weighted by Gasteiger charge is -2.20. The molecule has 1 aromatic carbocycles. The van der Waals surface area contributed by atoms with Crippen molar-refractivity contribution in [2.75, 3.05) is 13.1 Å². The minimum absolute atomic E-state index is 0.487. The molecule has 0 spiro atoms. The van der Waals surface area contributed by atoms with E-state index >= 15 is 0 Å². The zero-order chi connectivity index (χ0) is 13.1. The van der Waals surface area contributed by atoms with Crippen molar-refractivity contribution in [2.45, 2.75) is 18.8 Å². The zero-order valence-electron chi connectivity index (χ0n) is 10.7. The van der Waals surface area contributed by atoms with Gasteiger partial charge in [0.15, 0.2) is 0 Å². The van der Waals surface area contributed by atoms with Gasteiger partial charge in [0, 0.05) is 12.5 Å². The van der Waals surface area contributed by atoms with Crippen LogP contribution in [0.5, 0.6) is 0 Å². The van der Waals surface area contributed by atoms with Crippen molar-refractivity contribution in [3.8, 4) is 17.3 Å². The number of hydrogen-bond donors (Lipinski definition) is 2. The molecule has 1 aromatic heterocycles. The zero-order valence-corrected chi connectivity index (χ0v) is 10.7. The summed E-state index contributed by atoms with van der Waals surface area (Å²) in [6.07, 6.45) is 4.27. The van der Waals surface area contributed by atoms with Crippen molar-refractivity contribution in [3.05, 3.63) is 41.9 Å². The molecule has 1 atom stereocenters. The second kappa shape index (κ2) is 5.25. The monoisotopic (exact) mass is 252 g/mol. The summed E-state index contributed by atoms with van der Waals surface area (Å²) in [6.45, 7) is 2.11. The van der Waals surface area contributed by atoms with Gasteiger partial charge in [-0.15, -0.1) is 0 Å². The van der Waals surface area contributed by atoms with Gasteiger partial charge in [0.1, 0.15) is 5.82 Å². The van der Waals surface area contributed by atoms with Crippen LogP contribution in [0.1, 0.15) is 30.1 Å². The van der Waals surface area contributed by atoms with E-state index in [2.05, 4.69) is 21.4 Å². The Hall–Kier alpha value is -2.12. The van der Waals surface area contributed by atoms with E-state index in [1.165, 1.54) is 12.8 Å². The van der Waals surface area contributed by atoms with E-state index in [0.717, 1.165) is 30.2 Å². The molecule has 0 amide bonds. The Morgan fingerprint density at radius 3 is 2.79 bits per heavy atom. The number of nitrogens with zero attached hydrogens (tertiary/aromatic N) is 2. The molecule has 2 aromatic rings. The third-order valence-corrected chi connectivity index (χ3v) is 3.60. The maximum absolute atomic E-state index is 8.80. The Morgan fingerprint density at radius 1 is 1.26 bits per heavy atom. The fourth-order valence-electron chi connectivity index (χ4n) is 2.50. The van der Waals surface area contributed by atoms with Crippen LogP contribution in [0.4, 0.5) is 0 Å². The number of rotatable bonds is 2. The predicted octanol–water partition coefficient (Wildman–Crippen LogP) is 2.42. The van der Waals surface area contributed by atoms with E-state index in [-0.39, 0.29) is 0 Å². The second-order valence-corrected chi connectivity index (χ2v) is 4.91. The molecule has 0 aliphatic carbocycles. The fraction of sp³-hybridized carbons (Fsp3) is 0.333. The SMILES string of the molecule is N#Cc1ccc(-c2cnc(C3CCCNC3)[nH]2)cc1. The minimum atomic E-state index is 0.487. The van der Waals surface area contributed by atoms with Gasteiger partial charge in [-0.25, -0.2) is 4.98 Å². The molecule has 2 heterocycles. The lowest BCUT2D eigenvalue weighted by atomic mass is 9.99. The lowest BCUT2D eigenvalue weighted by molar-refractivity contribution is 0.449. The van der Waals surface area contributed by atoms with Gasteiger partial charge in [0.25, 0.3) is 0 Å². The maximum atomic E-state index is 8.80. The van der Waals surface area contributed by atoms with Crippen molar-refractivity contribution in [1.29, 1.82) is 5.26 Å². The molecular formula is C15H16N4. The quantitative estimate of drug-likeness (QED) is 0.862. The van der Waals surface area contributed by atoms with Gasteiger partial charge in [-0.2, -0.15) is 5.26 Å². The van der Waals surface area contributed by atoms with Gasteiger partial charge in [0.2, 0.25) is 0 Å². The number of imidazole rings is 1. The Kier molecular flexibility index (Phi) is 3.30. The van der Waals surface area contributed by atoms with Crippen LogP contribution >= 0.6 is 0 Å². The summed E-state index contributed by atoms with van der Waals surface area (Å²) in [6, 6.07) is 9.70. The molecule has 4 heteroatoms. The van der Waals surface area contributed by atoms with Gasteiger partial charge in [-0.05, 0) is 37.1 Å². The molecule has 1 unspecified atom stereocenters. The van der Waals surface area contributed by atoms with Crippen molar-refractivity contribution in [3.63, 3.8) is 0 Å². The van der Waals surface area contributed by atoms with E-state index in [9.17, 15) is 0 Å². The molecule has 4 nitrogen and oxygen atoms in total. The highest BCUT2D eigenvalue weighted by molar-refractivity contribution is 5.59. The maximum Gasteiger partial charge on any atom is 0.110 e. The lowest BCUT2D eigenvalue weighted by Crippen LogP contribution is -2.28. The Morgan fingerprint density at radius 2 is 2.11 bits per heavy atom. The first-order valence-corrected chi connectivity index (χ1v) is 6.63. The Labute approximate surface area is 112 Å². The molecule has 96 valence electrons. The van der Waals surface area contributed by atoms with E-state index in [4.69, 9.17) is 5.26 Å². The van der Waals surface area contributed by atoms with Crippen LogP contribution < -0.4 is 5.32 Å². The molecule has 3 rings (SSSR count). The topological polar surface area (TPSA) is 64.5 Å². The van der Waals surface area contributed by atoms with Crippen LogP contribution in [-0.2, 0) is 0 Å². The molecule has 0 bridgehead atoms. The molecule has 1 saturated heterocycles. The second-order valence-electron chi connectivity index (χ2n) is 4.91. The largest absolute Gasteiger partial charge is 0.342 e. The number of aromatic nitrogens is 2. The highest BCUT2D eigenvalue weighted by Gasteiger charge is 2.18. The molecular weight excluding hydrogens is 236 g/mol. The van der Waals surface area contributed by atoms with Gasteiger partial charge in [0.05, 0.1) is 23.5 Å². The summed E-state index contributed by atoms with van der Waals surface area (Å²) in [5.74, 6) is 1.55. The molecule has 2 N–H and O–H groups in total. The van der Waals surface area contributed by atoms with Gasteiger partial charge in [-0.1, -0.05) is 12.1 Å². The van der Waals surface area contributed by atoms with Gasteiger partial charge < -0.3 is 10.3 Å².